The molecule has 1 aromatic heterocycles. The molecule has 1 aromatic carbocycles. The van der Waals surface area contributed by atoms with Crippen molar-refractivity contribution in [3.63, 3.8) is 0 Å². The first-order valence-electron chi connectivity index (χ1n) is 11.8. The van der Waals surface area contributed by atoms with Gasteiger partial charge in [0.25, 0.3) is 5.56 Å². The van der Waals surface area contributed by atoms with Gasteiger partial charge in [0.15, 0.2) is 0 Å². The molecule has 35 heavy (non-hydrogen) atoms. The molecule has 2 aromatic rings. The maximum atomic E-state index is 13.4. The third-order valence-electron chi connectivity index (χ3n) is 5.85. The van der Waals surface area contributed by atoms with Gasteiger partial charge in [0.05, 0.1) is 29.4 Å². The summed E-state index contributed by atoms with van der Waals surface area (Å²) in [6.45, 7) is 6.32. The Morgan fingerprint density at radius 1 is 1.26 bits per heavy atom. The highest BCUT2D eigenvalue weighted by atomic mass is 32.2. The molecule has 3 rings (SSSR count). The zero-order valence-corrected chi connectivity index (χ0v) is 21.2. The average Bonchev–Trinajstić information content (AvgIpc) is 2.84. The third-order valence-corrected chi connectivity index (χ3v) is 7.74. The summed E-state index contributed by atoms with van der Waals surface area (Å²) in [4.78, 5) is 22.1. The number of aliphatic hydroxyl groups excluding tert-OH is 1. The fourth-order valence-corrected chi connectivity index (χ4v) is 5.49. The van der Waals surface area contributed by atoms with Gasteiger partial charge in [-0.2, -0.15) is 4.31 Å². The molecule has 0 atom stereocenters. The van der Waals surface area contributed by atoms with Crippen LogP contribution in [0.1, 0.15) is 32.4 Å². The Labute approximate surface area is 205 Å². The molecule has 1 aliphatic heterocycles. The van der Waals surface area contributed by atoms with E-state index in [0.717, 1.165) is 6.42 Å². The number of rotatable bonds is 11. The van der Waals surface area contributed by atoms with Crippen LogP contribution in [0.15, 0.2) is 27.9 Å². The van der Waals surface area contributed by atoms with Crippen LogP contribution < -0.4 is 15.6 Å². The van der Waals surface area contributed by atoms with Gasteiger partial charge in [-0.1, -0.05) is 13.3 Å². The van der Waals surface area contributed by atoms with Gasteiger partial charge in [0, 0.05) is 39.8 Å². The van der Waals surface area contributed by atoms with E-state index in [1.807, 2.05) is 18.7 Å². The van der Waals surface area contributed by atoms with Crippen LogP contribution in [0.5, 0.6) is 5.75 Å². The summed E-state index contributed by atoms with van der Waals surface area (Å²) < 4.78 is 34.0. The second kappa shape index (κ2) is 11.8. The Balaban J connectivity index is 2.06. The average molecular weight is 507 g/mol. The van der Waals surface area contributed by atoms with Gasteiger partial charge in [-0.05, 0) is 31.5 Å². The van der Waals surface area contributed by atoms with E-state index in [4.69, 9.17) is 15.3 Å². The molecule has 12 heteroatoms. The van der Waals surface area contributed by atoms with Crippen LogP contribution in [0.25, 0.3) is 11.4 Å². The van der Waals surface area contributed by atoms with Crippen LogP contribution in [0.4, 0.5) is 5.69 Å². The number of aromatic amines is 1. The predicted molar refractivity (Wildman–Crippen MR) is 135 cm³/mol. The van der Waals surface area contributed by atoms with E-state index in [1.165, 1.54) is 16.4 Å². The fraction of sp³-hybridized carbons (Fsp3) is 0.522. The minimum atomic E-state index is -3.81. The van der Waals surface area contributed by atoms with Crippen LogP contribution in [-0.2, 0) is 10.0 Å². The first-order chi connectivity index (χ1) is 16.8. The number of aromatic nitrogens is 2. The second-order valence-corrected chi connectivity index (χ2v) is 10.1. The second-order valence-electron chi connectivity index (χ2n) is 8.18. The quantitative estimate of drug-likeness (QED) is 0.333. The number of nitrogens with one attached hydrogen (secondary N) is 3. The lowest BCUT2D eigenvalue weighted by atomic mass is 10.1. The van der Waals surface area contributed by atoms with Crippen LogP contribution >= 0.6 is 0 Å². The number of ether oxygens (including phenoxy) is 1. The van der Waals surface area contributed by atoms with Crippen LogP contribution in [0.3, 0.4) is 0 Å². The normalized spacial score (nSPS) is 15.2. The van der Waals surface area contributed by atoms with Crippen molar-refractivity contribution in [1.29, 1.82) is 5.41 Å². The Morgan fingerprint density at radius 3 is 2.57 bits per heavy atom. The molecule has 0 radical (unpaired) electrons. The predicted octanol–water partition coefficient (Wildman–Crippen LogP) is 1.34. The van der Waals surface area contributed by atoms with Crippen LogP contribution in [0, 0.1) is 5.41 Å². The first kappa shape index (κ1) is 26.8. The van der Waals surface area contributed by atoms with Crippen molar-refractivity contribution in [3.8, 4) is 17.1 Å². The van der Waals surface area contributed by atoms with Crippen molar-refractivity contribution in [2.24, 2.45) is 0 Å². The summed E-state index contributed by atoms with van der Waals surface area (Å²) >= 11 is 0. The Morgan fingerprint density at radius 2 is 1.97 bits per heavy atom. The Bertz CT molecular complexity index is 1210. The van der Waals surface area contributed by atoms with E-state index in [9.17, 15) is 13.2 Å². The minimum absolute atomic E-state index is 0.0320. The number of aliphatic hydroxyl groups is 1. The summed E-state index contributed by atoms with van der Waals surface area (Å²) in [6, 6.07) is 4.52. The van der Waals surface area contributed by atoms with E-state index >= 15 is 0 Å². The molecular formula is C23H34N6O5S. The largest absolute Gasteiger partial charge is 0.493 e. The molecule has 0 unspecified atom stereocenters. The topological polar surface area (TPSA) is 152 Å². The number of β-amino-alcohol motifs (C(OH)–C–C–N with tert-alkyl or cyclic N) is 1. The van der Waals surface area contributed by atoms with E-state index in [0.29, 0.717) is 57.1 Å². The number of anilines is 1. The number of hydrogen-bond donors (Lipinski definition) is 4. The highest BCUT2D eigenvalue weighted by molar-refractivity contribution is 7.89. The first-order valence-corrected chi connectivity index (χ1v) is 13.2. The summed E-state index contributed by atoms with van der Waals surface area (Å²) in [5.74, 6) is 0.519. The lowest BCUT2D eigenvalue weighted by molar-refractivity contribution is 0.151. The molecule has 11 nitrogen and oxygen atoms in total. The number of H-pyrrole nitrogens is 1. The molecule has 1 fully saturated rings. The maximum absolute atomic E-state index is 13.4. The summed E-state index contributed by atoms with van der Waals surface area (Å²) in [7, 11) is -2.22. The maximum Gasteiger partial charge on any atom is 0.275 e. The number of sulfonamides is 1. The third kappa shape index (κ3) is 5.89. The standard InChI is InChI=1S/C23H34N6O5S/c1-4-6-18(24)20-21(25-3)23(31)27-22(26-20)17-15-16(7-8-19(17)34-5-2)35(32,33)29-11-9-28(10-12-29)13-14-30/h7-8,15,24-25,30H,4-6,9-14H2,1-3H3,(H,26,27,31). The van der Waals surface area contributed by atoms with Crippen molar-refractivity contribution in [2.75, 3.05) is 58.3 Å². The Hall–Kier alpha value is -2.80. The zero-order valence-electron chi connectivity index (χ0n) is 20.4. The molecule has 4 N–H and O–H groups in total. The van der Waals surface area contributed by atoms with Crippen molar-refractivity contribution >= 4 is 21.4 Å². The van der Waals surface area contributed by atoms with Crippen molar-refractivity contribution < 1.29 is 18.3 Å². The molecule has 0 bridgehead atoms. The van der Waals surface area contributed by atoms with Gasteiger partial charge in [-0.3, -0.25) is 9.69 Å². The highest BCUT2D eigenvalue weighted by Crippen LogP contribution is 2.32. The Kier molecular flexibility index (Phi) is 9.00. The zero-order chi connectivity index (χ0) is 25.6. The number of hydrogen-bond acceptors (Lipinski definition) is 9. The molecular weight excluding hydrogens is 472 g/mol. The molecule has 192 valence electrons. The van der Waals surface area contributed by atoms with Gasteiger partial charge in [-0.25, -0.2) is 13.4 Å². The molecule has 0 spiro atoms. The SMILES string of the molecule is CCCC(=N)c1nc(-c2cc(S(=O)(=O)N3CCN(CCO)CC3)ccc2OCC)[nH]c(=O)c1NC. The van der Waals surface area contributed by atoms with Gasteiger partial charge in [0.1, 0.15) is 23.0 Å². The number of piperazine rings is 1. The van der Waals surface area contributed by atoms with Crippen molar-refractivity contribution in [1.82, 2.24) is 19.2 Å². The monoisotopic (exact) mass is 506 g/mol. The smallest absolute Gasteiger partial charge is 0.275 e. The van der Waals surface area contributed by atoms with Crippen molar-refractivity contribution in [2.45, 2.75) is 31.6 Å². The summed E-state index contributed by atoms with van der Waals surface area (Å²) in [5, 5.41) is 20.3. The summed E-state index contributed by atoms with van der Waals surface area (Å²) in [6.07, 6.45) is 1.16. The number of benzene rings is 1. The molecule has 0 amide bonds. The van der Waals surface area contributed by atoms with Gasteiger partial charge >= 0.3 is 0 Å². The number of nitrogens with zero attached hydrogens (tertiary/aromatic N) is 3. The van der Waals surface area contributed by atoms with E-state index in [-0.39, 0.29) is 34.4 Å². The molecule has 1 saturated heterocycles. The van der Waals surface area contributed by atoms with Crippen LogP contribution in [0.2, 0.25) is 0 Å². The lowest BCUT2D eigenvalue weighted by Gasteiger charge is -2.33. The lowest BCUT2D eigenvalue weighted by Crippen LogP contribution is -2.49. The van der Waals surface area contributed by atoms with Gasteiger partial charge in [-0.15, -0.1) is 0 Å². The molecule has 2 heterocycles. The van der Waals surface area contributed by atoms with Crippen molar-refractivity contribution in [3.05, 3.63) is 34.2 Å². The molecule has 0 aliphatic carbocycles. The van der Waals surface area contributed by atoms with Gasteiger partial charge < -0.3 is 25.6 Å². The fourth-order valence-electron chi connectivity index (χ4n) is 4.04. The van der Waals surface area contributed by atoms with E-state index < -0.39 is 15.6 Å². The summed E-state index contributed by atoms with van der Waals surface area (Å²) in [5.41, 5.74) is 0.506. The molecule has 1 aliphatic rings. The minimum Gasteiger partial charge on any atom is -0.493 e. The van der Waals surface area contributed by atoms with E-state index in [2.05, 4.69) is 15.3 Å². The highest BCUT2D eigenvalue weighted by Gasteiger charge is 2.29. The van der Waals surface area contributed by atoms with Gasteiger partial charge in [0.2, 0.25) is 10.0 Å². The molecule has 0 saturated carbocycles. The van der Waals surface area contributed by atoms with Crippen LogP contribution in [-0.4, -0.2) is 91.4 Å². The van der Waals surface area contributed by atoms with E-state index in [1.54, 1.807) is 13.1 Å².